The standard InChI is InChI=1S/C14H22N4O/c1-2-15-13-8-7-12(17-18-13)14(19)16-10-9-11-5-3-4-6-11/h7-8,11H,2-6,9-10H2,1H3,(H,15,18)(H,16,19). The highest BCUT2D eigenvalue weighted by molar-refractivity contribution is 5.92. The molecule has 1 aliphatic rings. The Balaban J connectivity index is 1.75. The van der Waals surface area contributed by atoms with E-state index in [2.05, 4.69) is 20.8 Å². The van der Waals surface area contributed by atoms with Gasteiger partial charge in [0.05, 0.1) is 0 Å². The van der Waals surface area contributed by atoms with Crippen molar-refractivity contribution in [1.29, 1.82) is 0 Å². The molecule has 104 valence electrons. The molecule has 2 rings (SSSR count). The van der Waals surface area contributed by atoms with E-state index in [-0.39, 0.29) is 5.91 Å². The van der Waals surface area contributed by atoms with Gasteiger partial charge < -0.3 is 10.6 Å². The van der Waals surface area contributed by atoms with Crippen LogP contribution >= 0.6 is 0 Å². The van der Waals surface area contributed by atoms with Crippen LogP contribution in [0.2, 0.25) is 0 Å². The van der Waals surface area contributed by atoms with Gasteiger partial charge in [-0.05, 0) is 31.4 Å². The zero-order valence-electron chi connectivity index (χ0n) is 11.5. The van der Waals surface area contributed by atoms with Crippen molar-refractivity contribution in [3.63, 3.8) is 0 Å². The van der Waals surface area contributed by atoms with Crippen LogP contribution in [0.15, 0.2) is 12.1 Å². The van der Waals surface area contributed by atoms with Crippen LogP contribution in [0.1, 0.15) is 49.5 Å². The van der Waals surface area contributed by atoms with Crippen LogP contribution in [0.25, 0.3) is 0 Å². The van der Waals surface area contributed by atoms with Crippen molar-refractivity contribution < 1.29 is 4.79 Å². The largest absolute Gasteiger partial charge is 0.369 e. The number of amides is 1. The summed E-state index contributed by atoms with van der Waals surface area (Å²) >= 11 is 0. The second-order valence-corrected chi connectivity index (χ2v) is 5.03. The fourth-order valence-corrected chi connectivity index (χ4v) is 2.51. The Labute approximate surface area is 114 Å². The molecule has 1 aromatic heterocycles. The van der Waals surface area contributed by atoms with Gasteiger partial charge in [0.1, 0.15) is 5.82 Å². The van der Waals surface area contributed by atoms with Crippen molar-refractivity contribution in [2.45, 2.75) is 39.0 Å². The van der Waals surface area contributed by atoms with E-state index in [1.54, 1.807) is 12.1 Å². The molecule has 1 fully saturated rings. The Bertz CT molecular complexity index is 398. The van der Waals surface area contributed by atoms with Gasteiger partial charge in [-0.3, -0.25) is 4.79 Å². The van der Waals surface area contributed by atoms with Gasteiger partial charge >= 0.3 is 0 Å². The van der Waals surface area contributed by atoms with Crippen molar-refractivity contribution in [3.8, 4) is 0 Å². The molecule has 0 unspecified atom stereocenters. The third kappa shape index (κ3) is 4.19. The fourth-order valence-electron chi connectivity index (χ4n) is 2.51. The summed E-state index contributed by atoms with van der Waals surface area (Å²) < 4.78 is 0. The molecule has 2 N–H and O–H groups in total. The van der Waals surface area contributed by atoms with E-state index in [0.29, 0.717) is 11.5 Å². The fraction of sp³-hybridized carbons (Fsp3) is 0.643. The first-order valence-electron chi connectivity index (χ1n) is 7.15. The zero-order chi connectivity index (χ0) is 13.5. The molecular weight excluding hydrogens is 240 g/mol. The van der Waals surface area contributed by atoms with Gasteiger partial charge in [0.15, 0.2) is 5.69 Å². The lowest BCUT2D eigenvalue weighted by Gasteiger charge is -2.09. The number of carbonyl (C=O) groups is 1. The van der Waals surface area contributed by atoms with Crippen LogP contribution in [-0.2, 0) is 0 Å². The molecule has 5 nitrogen and oxygen atoms in total. The Hall–Kier alpha value is -1.65. The van der Waals surface area contributed by atoms with Gasteiger partial charge in [-0.25, -0.2) is 0 Å². The van der Waals surface area contributed by atoms with Crippen LogP contribution in [0.5, 0.6) is 0 Å². The van der Waals surface area contributed by atoms with Gasteiger partial charge in [-0.2, -0.15) is 0 Å². The van der Waals surface area contributed by atoms with Gasteiger partial charge in [-0.1, -0.05) is 25.7 Å². The summed E-state index contributed by atoms with van der Waals surface area (Å²) in [5, 5.41) is 13.8. The van der Waals surface area contributed by atoms with Gasteiger partial charge in [0, 0.05) is 13.1 Å². The average molecular weight is 262 g/mol. The van der Waals surface area contributed by atoms with Crippen LogP contribution in [0.4, 0.5) is 5.82 Å². The molecule has 0 bridgehead atoms. The van der Waals surface area contributed by atoms with Gasteiger partial charge in [0.2, 0.25) is 0 Å². The third-order valence-corrected chi connectivity index (χ3v) is 3.57. The second kappa shape index (κ2) is 7.07. The van der Waals surface area contributed by atoms with E-state index in [9.17, 15) is 4.79 Å². The maximum atomic E-state index is 11.9. The highest BCUT2D eigenvalue weighted by atomic mass is 16.1. The van der Waals surface area contributed by atoms with Gasteiger partial charge in [0.25, 0.3) is 5.91 Å². The molecule has 0 atom stereocenters. The van der Waals surface area contributed by atoms with E-state index in [0.717, 1.165) is 25.4 Å². The molecule has 0 aliphatic heterocycles. The van der Waals surface area contributed by atoms with E-state index < -0.39 is 0 Å². The van der Waals surface area contributed by atoms with Crippen LogP contribution in [0, 0.1) is 5.92 Å². The van der Waals surface area contributed by atoms with E-state index >= 15 is 0 Å². The van der Waals surface area contributed by atoms with E-state index in [1.807, 2.05) is 6.92 Å². The molecule has 0 saturated heterocycles. The minimum atomic E-state index is -0.131. The topological polar surface area (TPSA) is 66.9 Å². The normalized spacial score (nSPS) is 15.4. The Morgan fingerprint density at radius 1 is 1.32 bits per heavy atom. The van der Waals surface area contributed by atoms with E-state index in [1.165, 1.54) is 25.7 Å². The van der Waals surface area contributed by atoms with Crippen molar-refractivity contribution >= 4 is 11.7 Å². The average Bonchev–Trinajstić information content (AvgIpc) is 2.93. The first-order valence-corrected chi connectivity index (χ1v) is 7.15. The Morgan fingerprint density at radius 2 is 2.11 bits per heavy atom. The predicted octanol–water partition coefficient (Wildman–Crippen LogP) is 2.22. The maximum Gasteiger partial charge on any atom is 0.271 e. The quantitative estimate of drug-likeness (QED) is 0.825. The molecule has 0 radical (unpaired) electrons. The summed E-state index contributed by atoms with van der Waals surface area (Å²) in [6, 6.07) is 3.48. The summed E-state index contributed by atoms with van der Waals surface area (Å²) in [7, 11) is 0. The number of hydrogen-bond acceptors (Lipinski definition) is 4. The number of nitrogens with one attached hydrogen (secondary N) is 2. The minimum Gasteiger partial charge on any atom is -0.369 e. The lowest BCUT2D eigenvalue weighted by atomic mass is 10.0. The summed E-state index contributed by atoms with van der Waals surface area (Å²) in [4.78, 5) is 11.9. The molecule has 1 aromatic rings. The molecule has 0 aromatic carbocycles. The van der Waals surface area contributed by atoms with Crippen molar-refractivity contribution in [2.24, 2.45) is 5.92 Å². The maximum absolute atomic E-state index is 11.9. The van der Waals surface area contributed by atoms with Crippen molar-refractivity contribution in [3.05, 3.63) is 17.8 Å². The number of aromatic nitrogens is 2. The highest BCUT2D eigenvalue weighted by Gasteiger charge is 2.15. The Morgan fingerprint density at radius 3 is 2.74 bits per heavy atom. The van der Waals surface area contributed by atoms with E-state index in [4.69, 9.17) is 0 Å². The summed E-state index contributed by atoms with van der Waals surface area (Å²) in [5.74, 6) is 1.36. The lowest BCUT2D eigenvalue weighted by Crippen LogP contribution is -2.26. The lowest BCUT2D eigenvalue weighted by molar-refractivity contribution is 0.0945. The third-order valence-electron chi connectivity index (χ3n) is 3.57. The molecule has 5 heteroatoms. The van der Waals surface area contributed by atoms with Gasteiger partial charge in [-0.15, -0.1) is 10.2 Å². The molecular formula is C14H22N4O. The molecule has 1 aliphatic carbocycles. The molecule has 1 saturated carbocycles. The highest BCUT2D eigenvalue weighted by Crippen LogP contribution is 2.26. The molecule has 0 spiro atoms. The summed E-state index contributed by atoms with van der Waals surface area (Å²) in [5.41, 5.74) is 0.382. The van der Waals surface area contributed by atoms with Crippen molar-refractivity contribution in [1.82, 2.24) is 15.5 Å². The van der Waals surface area contributed by atoms with Crippen LogP contribution in [0.3, 0.4) is 0 Å². The predicted molar refractivity (Wildman–Crippen MR) is 75.1 cm³/mol. The number of carbonyl (C=O) groups excluding carboxylic acids is 1. The SMILES string of the molecule is CCNc1ccc(C(=O)NCCC2CCCC2)nn1. The molecule has 1 heterocycles. The molecule has 19 heavy (non-hydrogen) atoms. The summed E-state index contributed by atoms with van der Waals surface area (Å²) in [6.45, 7) is 3.52. The summed E-state index contributed by atoms with van der Waals surface area (Å²) in [6.07, 6.45) is 6.39. The first kappa shape index (κ1) is 13.8. The molecule has 1 amide bonds. The monoisotopic (exact) mass is 262 g/mol. The Kier molecular flexibility index (Phi) is 5.12. The van der Waals surface area contributed by atoms with Crippen molar-refractivity contribution in [2.75, 3.05) is 18.4 Å². The second-order valence-electron chi connectivity index (χ2n) is 5.03. The minimum absolute atomic E-state index is 0.131. The number of anilines is 1. The smallest absolute Gasteiger partial charge is 0.271 e. The number of nitrogens with zero attached hydrogens (tertiary/aromatic N) is 2. The zero-order valence-corrected chi connectivity index (χ0v) is 11.5. The van der Waals surface area contributed by atoms with Crippen LogP contribution in [-0.4, -0.2) is 29.2 Å². The number of rotatable bonds is 6. The van der Waals surface area contributed by atoms with Crippen LogP contribution < -0.4 is 10.6 Å². The number of hydrogen-bond donors (Lipinski definition) is 2. The first-order chi connectivity index (χ1) is 9.29.